The van der Waals surface area contributed by atoms with Gasteiger partial charge >= 0.3 is 0 Å². The summed E-state index contributed by atoms with van der Waals surface area (Å²) in [7, 11) is 0. The largest absolute Gasteiger partial charge is 0.491 e. The summed E-state index contributed by atoms with van der Waals surface area (Å²) in [4.78, 5) is 0. The predicted octanol–water partition coefficient (Wildman–Crippen LogP) is 3.35. The minimum absolute atomic E-state index is 0.269. The first-order valence-corrected chi connectivity index (χ1v) is 11.0. The molecule has 0 radical (unpaired) electrons. The fourth-order valence-electron chi connectivity index (χ4n) is 2.75. The van der Waals surface area contributed by atoms with E-state index in [1.54, 1.807) is 0 Å². The Morgan fingerprint density at radius 2 is 1.26 bits per heavy atom. The average Bonchev–Trinajstić information content (AvgIpc) is 2.74. The van der Waals surface area contributed by atoms with Crippen molar-refractivity contribution in [2.24, 2.45) is 0 Å². The molecule has 0 aliphatic rings. The maximum atomic E-state index is 9.86. The highest BCUT2D eigenvalue weighted by Gasteiger charge is 2.06. The van der Waals surface area contributed by atoms with Crippen molar-refractivity contribution in [3.63, 3.8) is 0 Å². The summed E-state index contributed by atoms with van der Waals surface area (Å²) < 4.78 is 10.6. The third-order valence-corrected chi connectivity index (χ3v) is 4.30. The molecular weight excluding hydrogens is 392 g/mol. The van der Waals surface area contributed by atoms with Crippen molar-refractivity contribution >= 4 is 0 Å². The SMILES string of the molecule is CC(C)NCC(O)COc1ccc(Cc2ccc(OCO)cc2)cc1.CCNC(C)C. The summed E-state index contributed by atoms with van der Waals surface area (Å²) in [6.07, 6.45) is 0.280. The second-order valence-corrected chi connectivity index (χ2v) is 7.98. The standard InChI is InChI=1S/C20H27NO4.C5H13N/c1-15(2)21-12-18(23)13-24-19-7-3-16(4-8-19)11-17-5-9-20(10-6-17)25-14-22;1-4-6-5(2)3/h3-10,15,18,21-23H,11-14H2,1-2H3;5-6H,4H2,1-3H3. The van der Waals surface area contributed by atoms with Gasteiger partial charge < -0.3 is 30.3 Å². The zero-order valence-electron chi connectivity index (χ0n) is 19.6. The molecule has 0 fully saturated rings. The molecule has 0 saturated carbocycles. The Labute approximate surface area is 187 Å². The first-order valence-electron chi connectivity index (χ1n) is 11.0. The van der Waals surface area contributed by atoms with Crippen LogP contribution in [0, 0.1) is 0 Å². The Hall–Kier alpha value is -2.12. The van der Waals surface area contributed by atoms with Gasteiger partial charge in [0.1, 0.15) is 24.2 Å². The fourth-order valence-corrected chi connectivity index (χ4v) is 2.75. The molecule has 0 aliphatic heterocycles. The third kappa shape index (κ3) is 13.0. The summed E-state index contributed by atoms with van der Waals surface area (Å²) >= 11 is 0. The van der Waals surface area contributed by atoms with Crippen LogP contribution in [0.15, 0.2) is 48.5 Å². The quantitative estimate of drug-likeness (QED) is 0.385. The van der Waals surface area contributed by atoms with Crippen LogP contribution in [0.3, 0.4) is 0 Å². The number of hydrogen-bond donors (Lipinski definition) is 4. The monoisotopic (exact) mass is 432 g/mol. The second kappa shape index (κ2) is 15.6. The summed E-state index contributed by atoms with van der Waals surface area (Å²) in [5, 5.41) is 25.0. The second-order valence-electron chi connectivity index (χ2n) is 7.98. The van der Waals surface area contributed by atoms with Crippen LogP contribution >= 0.6 is 0 Å². The zero-order chi connectivity index (χ0) is 23.1. The Balaban J connectivity index is 0.000000703. The van der Waals surface area contributed by atoms with Crippen LogP contribution in [0.1, 0.15) is 45.7 Å². The first kappa shape index (κ1) is 26.9. The maximum Gasteiger partial charge on any atom is 0.186 e. The molecule has 0 aliphatic carbocycles. The van der Waals surface area contributed by atoms with E-state index in [1.807, 2.05) is 62.4 Å². The minimum atomic E-state index is -0.526. The molecule has 1 atom stereocenters. The molecule has 4 N–H and O–H groups in total. The van der Waals surface area contributed by atoms with Crippen LogP contribution in [0.2, 0.25) is 0 Å². The van der Waals surface area contributed by atoms with Gasteiger partial charge in [0, 0.05) is 18.6 Å². The Kier molecular flexibility index (Phi) is 13.6. The van der Waals surface area contributed by atoms with E-state index in [0.717, 1.165) is 24.3 Å². The highest BCUT2D eigenvalue weighted by molar-refractivity contribution is 5.34. The normalized spacial score (nSPS) is 11.8. The van der Waals surface area contributed by atoms with Crippen molar-refractivity contribution in [1.29, 1.82) is 0 Å². The lowest BCUT2D eigenvalue weighted by atomic mass is 10.0. The topological polar surface area (TPSA) is 83.0 Å². The number of aliphatic hydroxyl groups is 2. The fraction of sp³-hybridized carbons (Fsp3) is 0.520. The van der Waals surface area contributed by atoms with Crippen molar-refractivity contribution in [1.82, 2.24) is 10.6 Å². The molecule has 2 aromatic rings. The number of hydrogen-bond acceptors (Lipinski definition) is 6. The van der Waals surface area contributed by atoms with Gasteiger partial charge in [-0.2, -0.15) is 0 Å². The molecule has 0 spiro atoms. The molecule has 2 aromatic carbocycles. The van der Waals surface area contributed by atoms with E-state index in [9.17, 15) is 5.11 Å². The number of aliphatic hydroxyl groups excluding tert-OH is 2. The van der Waals surface area contributed by atoms with Gasteiger partial charge in [-0.25, -0.2) is 0 Å². The Morgan fingerprint density at radius 1 is 0.774 bits per heavy atom. The van der Waals surface area contributed by atoms with Crippen LogP contribution in [-0.2, 0) is 6.42 Å². The van der Waals surface area contributed by atoms with E-state index in [4.69, 9.17) is 14.6 Å². The van der Waals surface area contributed by atoms with Gasteiger partial charge in [-0.15, -0.1) is 0 Å². The molecule has 174 valence electrons. The summed E-state index contributed by atoms with van der Waals surface area (Å²) in [6, 6.07) is 16.5. The molecular formula is C25H40N2O4. The van der Waals surface area contributed by atoms with Crippen LogP contribution < -0.4 is 20.1 Å². The predicted molar refractivity (Wildman–Crippen MR) is 127 cm³/mol. The van der Waals surface area contributed by atoms with Crippen molar-refractivity contribution in [3.05, 3.63) is 59.7 Å². The van der Waals surface area contributed by atoms with Crippen LogP contribution in [0.25, 0.3) is 0 Å². The molecule has 0 saturated heterocycles. The number of benzene rings is 2. The molecule has 6 nitrogen and oxygen atoms in total. The summed E-state index contributed by atoms with van der Waals surface area (Å²) in [6.45, 7) is 12.0. The van der Waals surface area contributed by atoms with Crippen molar-refractivity contribution < 1.29 is 19.7 Å². The smallest absolute Gasteiger partial charge is 0.186 e. The van der Waals surface area contributed by atoms with Gasteiger partial charge in [-0.05, 0) is 48.4 Å². The lowest BCUT2D eigenvalue weighted by Gasteiger charge is -2.15. The molecule has 31 heavy (non-hydrogen) atoms. The Bertz CT molecular complexity index is 688. The minimum Gasteiger partial charge on any atom is -0.491 e. The van der Waals surface area contributed by atoms with Crippen LogP contribution in [0.5, 0.6) is 11.5 Å². The van der Waals surface area contributed by atoms with Gasteiger partial charge in [-0.3, -0.25) is 0 Å². The maximum absolute atomic E-state index is 9.86. The molecule has 1 unspecified atom stereocenters. The summed E-state index contributed by atoms with van der Waals surface area (Å²) in [5.41, 5.74) is 2.33. The highest BCUT2D eigenvalue weighted by atomic mass is 16.6. The van der Waals surface area contributed by atoms with Crippen LogP contribution in [-0.4, -0.2) is 54.9 Å². The highest BCUT2D eigenvalue weighted by Crippen LogP contribution is 2.18. The van der Waals surface area contributed by atoms with E-state index in [0.29, 0.717) is 24.4 Å². The number of nitrogens with one attached hydrogen (secondary N) is 2. The summed E-state index contributed by atoms with van der Waals surface area (Å²) in [5.74, 6) is 1.40. The lowest BCUT2D eigenvalue weighted by Crippen LogP contribution is -2.35. The van der Waals surface area contributed by atoms with E-state index in [-0.39, 0.29) is 13.4 Å². The number of rotatable bonds is 12. The van der Waals surface area contributed by atoms with Gasteiger partial charge in [0.2, 0.25) is 0 Å². The van der Waals surface area contributed by atoms with Crippen molar-refractivity contribution in [3.8, 4) is 11.5 Å². The van der Waals surface area contributed by atoms with Gasteiger partial charge in [-0.1, -0.05) is 58.9 Å². The average molecular weight is 433 g/mol. The third-order valence-electron chi connectivity index (χ3n) is 4.30. The molecule has 6 heteroatoms. The first-order chi connectivity index (χ1) is 14.8. The molecule has 0 aromatic heterocycles. The van der Waals surface area contributed by atoms with Gasteiger partial charge in [0.15, 0.2) is 6.79 Å². The van der Waals surface area contributed by atoms with E-state index < -0.39 is 6.10 Å². The van der Waals surface area contributed by atoms with Crippen molar-refractivity contribution in [2.45, 2.75) is 59.2 Å². The molecule has 2 rings (SSSR count). The molecule has 0 heterocycles. The van der Waals surface area contributed by atoms with Crippen molar-refractivity contribution in [2.75, 3.05) is 26.5 Å². The van der Waals surface area contributed by atoms with Gasteiger partial charge in [0.05, 0.1) is 0 Å². The number of ether oxygens (including phenoxy) is 2. The lowest BCUT2D eigenvalue weighted by molar-refractivity contribution is 0.0985. The van der Waals surface area contributed by atoms with Crippen LogP contribution in [0.4, 0.5) is 0 Å². The van der Waals surface area contributed by atoms with E-state index >= 15 is 0 Å². The van der Waals surface area contributed by atoms with E-state index in [2.05, 4.69) is 31.4 Å². The Morgan fingerprint density at radius 3 is 1.65 bits per heavy atom. The zero-order valence-corrected chi connectivity index (χ0v) is 19.6. The van der Waals surface area contributed by atoms with Gasteiger partial charge in [0.25, 0.3) is 0 Å². The van der Waals surface area contributed by atoms with E-state index in [1.165, 1.54) is 5.56 Å². The molecule has 0 amide bonds. The molecule has 0 bridgehead atoms.